The van der Waals surface area contributed by atoms with E-state index in [0.29, 0.717) is 12.5 Å². The second-order valence-corrected chi connectivity index (χ2v) is 6.35. The van der Waals surface area contributed by atoms with Gasteiger partial charge in [0.1, 0.15) is 5.82 Å². The topological polar surface area (TPSA) is 66.5 Å². The fourth-order valence-electron chi connectivity index (χ4n) is 2.56. The number of nitrogens with zero attached hydrogens (tertiary/aromatic N) is 5. The molecule has 1 aliphatic rings. The summed E-state index contributed by atoms with van der Waals surface area (Å²) in [4.78, 5) is 2.08. The minimum atomic E-state index is 0.0987. The normalized spacial score (nSPS) is 14.6. The second-order valence-electron chi connectivity index (χ2n) is 5.57. The minimum absolute atomic E-state index is 0.0987. The number of thiophene rings is 1. The molecular weight excluding hydrogens is 298 g/mol. The molecule has 7 heteroatoms. The first-order valence-corrected chi connectivity index (χ1v) is 8.38. The lowest BCUT2D eigenvalue weighted by Gasteiger charge is -2.22. The molecule has 114 valence electrons. The molecule has 0 atom stereocenters. The molecular formula is C15H17N5OS. The molecule has 0 aliphatic heterocycles. The van der Waals surface area contributed by atoms with E-state index in [2.05, 4.69) is 31.9 Å². The van der Waals surface area contributed by atoms with Crippen LogP contribution in [0, 0.1) is 0 Å². The third-order valence-electron chi connectivity index (χ3n) is 3.86. The summed E-state index contributed by atoms with van der Waals surface area (Å²) in [5, 5.41) is 26.7. The predicted molar refractivity (Wildman–Crippen MR) is 85.2 cm³/mol. The first-order chi connectivity index (χ1) is 10.8. The lowest BCUT2D eigenvalue weighted by Crippen LogP contribution is -2.27. The van der Waals surface area contributed by atoms with Gasteiger partial charge in [0.25, 0.3) is 0 Å². The molecule has 22 heavy (non-hydrogen) atoms. The van der Waals surface area contributed by atoms with E-state index in [0.717, 1.165) is 23.8 Å². The van der Waals surface area contributed by atoms with Crippen LogP contribution in [0.1, 0.15) is 30.1 Å². The Balaban J connectivity index is 1.68. The van der Waals surface area contributed by atoms with Gasteiger partial charge in [-0.25, -0.2) is 0 Å². The predicted octanol–water partition coefficient (Wildman–Crippen LogP) is 2.06. The van der Waals surface area contributed by atoms with Crippen molar-refractivity contribution in [3.63, 3.8) is 0 Å². The smallest absolute Gasteiger partial charge is 0.178 e. The first-order valence-electron chi connectivity index (χ1n) is 7.44. The van der Waals surface area contributed by atoms with E-state index < -0.39 is 0 Å². The van der Waals surface area contributed by atoms with Gasteiger partial charge in [-0.3, -0.25) is 0 Å². The molecule has 1 aliphatic carbocycles. The maximum Gasteiger partial charge on any atom is 0.178 e. The van der Waals surface area contributed by atoms with E-state index in [4.69, 9.17) is 5.10 Å². The van der Waals surface area contributed by atoms with Gasteiger partial charge in [0.05, 0.1) is 6.61 Å². The highest BCUT2D eigenvalue weighted by atomic mass is 32.1. The Bertz CT molecular complexity index is 765. The van der Waals surface area contributed by atoms with Crippen LogP contribution in [0.15, 0.2) is 29.0 Å². The maximum atomic E-state index is 9.35. The molecule has 0 saturated heterocycles. The van der Waals surface area contributed by atoms with Crippen LogP contribution in [0.25, 0.3) is 5.65 Å². The molecule has 1 N–H and O–H groups in total. The highest BCUT2D eigenvalue weighted by Gasteiger charge is 2.29. The summed E-state index contributed by atoms with van der Waals surface area (Å²) in [5.41, 5.74) is 2.01. The maximum absolute atomic E-state index is 9.35. The Hall–Kier alpha value is -1.99. The molecule has 1 saturated carbocycles. The van der Waals surface area contributed by atoms with E-state index in [1.165, 1.54) is 18.4 Å². The molecule has 0 amide bonds. The molecule has 0 aromatic carbocycles. The minimum Gasteiger partial charge on any atom is -0.395 e. The van der Waals surface area contributed by atoms with Crippen molar-refractivity contribution in [3.8, 4) is 0 Å². The Morgan fingerprint density at radius 2 is 2.18 bits per heavy atom. The van der Waals surface area contributed by atoms with Crippen LogP contribution in [0.5, 0.6) is 0 Å². The van der Waals surface area contributed by atoms with Crippen LogP contribution >= 0.6 is 11.3 Å². The summed E-state index contributed by atoms with van der Waals surface area (Å²) in [6.45, 7) is 1.39. The average Bonchev–Trinajstić information content (AvgIpc) is 3.09. The summed E-state index contributed by atoms with van der Waals surface area (Å²) >= 11 is 1.68. The van der Waals surface area contributed by atoms with Crippen molar-refractivity contribution < 1.29 is 5.11 Å². The lowest BCUT2D eigenvalue weighted by molar-refractivity contribution is 0.301. The second kappa shape index (κ2) is 5.66. The number of fused-ring (bicyclic) bond motifs is 1. The molecule has 6 nitrogen and oxygen atoms in total. The zero-order chi connectivity index (χ0) is 14.9. The fourth-order valence-corrected chi connectivity index (χ4v) is 3.22. The molecule has 0 unspecified atom stereocenters. The molecule has 0 radical (unpaired) electrons. The number of rotatable bonds is 6. The van der Waals surface area contributed by atoms with Crippen LogP contribution in [0.4, 0.5) is 5.82 Å². The van der Waals surface area contributed by atoms with Gasteiger partial charge in [-0.15, -0.1) is 15.3 Å². The number of hydrogen-bond acceptors (Lipinski definition) is 6. The van der Waals surface area contributed by atoms with Crippen LogP contribution in [0.2, 0.25) is 0 Å². The first kappa shape index (κ1) is 13.7. The summed E-state index contributed by atoms with van der Waals surface area (Å²) < 4.78 is 1.85. The summed E-state index contributed by atoms with van der Waals surface area (Å²) in [5.74, 6) is 2.30. The Morgan fingerprint density at radius 3 is 2.91 bits per heavy atom. The highest BCUT2D eigenvalue weighted by Crippen LogP contribution is 2.38. The van der Waals surface area contributed by atoms with Crippen molar-refractivity contribution in [2.45, 2.75) is 25.3 Å². The molecule has 0 bridgehead atoms. The van der Waals surface area contributed by atoms with E-state index in [-0.39, 0.29) is 6.61 Å². The van der Waals surface area contributed by atoms with E-state index in [1.807, 2.05) is 16.6 Å². The van der Waals surface area contributed by atoms with Gasteiger partial charge in [-0.2, -0.15) is 15.9 Å². The SMILES string of the molecule is OCCN(Cc1ccsc1)c1ccc2nnc(C3CC3)n2n1. The van der Waals surface area contributed by atoms with Crippen molar-refractivity contribution in [1.29, 1.82) is 0 Å². The quantitative estimate of drug-likeness (QED) is 0.754. The van der Waals surface area contributed by atoms with Crippen molar-refractivity contribution in [2.24, 2.45) is 0 Å². The molecule has 4 rings (SSSR count). The lowest BCUT2D eigenvalue weighted by atomic mass is 10.3. The van der Waals surface area contributed by atoms with Crippen LogP contribution in [-0.2, 0) is 6.54 Å². The van der Waals surface area contributed by atoms with Crippen molar-refractivity contribution in [2.75, 3.05) is 18.1 Å². The average molecular weight is 315 g/mol. The monoisotopic (exact) mass is 315 g/mol. The Morgan fingerprint density at radius 1 is 1.27 bits per heavy atom. The number of hydrogen-bond donors (Lipinski definition) is 1. The standard InChI is InChI=1S/C15H17N5OS/c21-7-6-19(9-11-5-8-22-10-11)14-4-3-13-16-17-15(12-1-2-12)20(13)18-14/h3-5,8,10,12,21H,1-2,6-7,9H2. The third kappa shape index (κ3) is 2.57. The molecule has 1 fully saturated rings. The Labute approximate surface area is 132 Å². The molecule has 3 heterocycles. The van der Waals surface area contributed by atoms with Crippen LogP contribution in [0.3, 0.4) is 0 Å². The van der Waals surface area contributed by atoms with E-state index >= 15 is 0 Å². The zero-order valence-electron chi connectivity index (χ0n) is 12.1. The third-order valence-corrected chi connectivity index (χ3v) is 4.59. The largest absolute Gasteiger partial charge is 0.395 e. The number of aromatic nitrogens is 4. The van der Waals surface area contributed by atoms with Crippen molar-refractivity contribution >= 4 is 22.8 Å². The summed E-state index contributed by atoms with van der Waals surface area (Å²) in [6.07, 6.45) is 2.34. The number of anilines is 1. The van der Waals surface area contributed by atoms with Gasteiger partial charge in [-0.1, -0.05) is 0 Å². The molecule has 0 spiro atoms. The highest BCUT2D eigenvalue weighted by molar-refractivity contribution is 7.07. The van der Waals surface area contributed by atoms with Gasteiger partial charge >= 0.3 is 0 Å². The fraction of sp³-hybridized carbons (Fsp3) is 0.400. The number of aliphatic hydroxyl groups excluding tert-OH is 1. The van der Waals surface area contributed by atoms with Gasteiger partial charge in [0, 0.05) is 19.0 Å². The van der Waals surface area contributed by atoms with Gasteiger partial charge in [0.2, 0.25) is 0 Å². The van der Waals surface area contributed by atoms with Gasteiger partial charge in [0.15, 0.2) is 11.5 Å². The van der Waals surface area contributed by atoms with E-state index in [1.54, 1.807) is 11.3 Å². The van der Waals surface area contributed by atoms with Crippen molar-refractivity contribution in [1.82, 2.24) is 19.8 Å². The number of aliphatic hydroxyl groups is 1. The summed E-state index contributed by atoms with van der Waals surface area (Å²) in [6, 6.07) is 5.99. The van der Waals surface area contributed by atoms with Crippen molar-refractivity contribution in [3.05, 3.63) is 40.3 Å². The summed E-state index contributed by atoms with van der Waals surface area (Å²) in [7, 11) is 0. The zero-order valence-corrected chi connectivity index (χ0v) is 12.9. The van der Waals surface area contributed by atoms with Crippen LogP contribution < -0.4 is 4.90 Å². The van der Waals surface area contributed by atoms with Crippen LogP contribution in [-0.4, -0.2) is 38.1 Å². The van der Waals surface area contributed by atoms with Gasteiger partial charge < -0.3 is 10.0 Å². The molecule has 3 aromatic rings. The van der Waals surface area contributed by atoms with Gasteiger partial charge in [-0.05, 0) is 47.4 Å². The Kier molecular flexibility index (Phi) is 3.51. The van der Waals surface area contributed by atoms with E-state index in [9.17, 15) is 5.11 Å². The molecule has 3 aromatic heterocycles.